The number of hydrogen-bond acceptors (Lipinski definition) is 1. The zero-order chi connectivity index (χ0) is 8.32. The Morgan fingerprint density at radius 1 is 1.27 bits per heavy atom. The molecular formula is C10H21N. The smallest absolute Gasteiger partial charge is 0.0153 e. The zero-order valence-corrected chi connectivity index (χ0v) is 8.11. The minimum absolute atomic E-state index is 0.380. The van der Waals surface area contributed by atoms with Gasteiger partial charge in [-0.15, -0.1) is 0 Å². The third-order valence-corrected chi connectivity index (χ3v) is 3.01. The van der Waals surface area contributed by atoms with E-state index in [1.165, 1.54) is 25.7 Å². The lowest BCUT2D eigenvalue weighted by atomic mass is 9.86. The van der Waals surface area contributed by atoms with Crippen molar-refractivity contribution in [3.05, 3.63) is 0 Å². The van der Waals surface area contributed by atoms with E-state index in [0.29, 0.717) is 5.54 Å². The Hall–Kier alpha value is -0.0400. The second kappa shape index (κ2) is 3.57. The molecule has 11 heavy (non-hydrogen) atoms. The molecule has 1 aliphatic rings. The van der Waals surface area contributed by atoms with Crippen LogP contribution in [0.1, 0.15) is 46.5 Å². The molecule has 66 valence electrons. The normalized spacial score (nSPS) is 21.0. The molecule has 0 aliphatic heterocycles. The average molecular weight is 155 g/mol. The summed E-state index contributed by atoms with van der Waals surface area (Å²) >= 11 is 0. The molecule has 1 saturated carbocycles. The molecule has 1 nitrogen and oxygen atoms in total. The minimum Gasteiger partial charge on any atom is -0.312 e. The van der Waals surface area contributed by atoms with Crippen LogP contribution in [0.25, 0.3) is 0 Å². The fraction of sp³-hybridized carbons (Fsp3) is 1.00. The van der Waals surface area contributed by atoms with Crippen LogP contribution in [-0.2, 0) is 0 Å². The van der Waals surface area contributed by atoms with Crippen molar-refractivity contribution in [2.45, 2.75) is 52.0 Å². The molecule has 0 radical (unpaired) electrons. The lowest BCUT2D eigenvalue weighted by molar-refractivity contribution is 0.261. The van der Waals surface area contributed by atoms with Gasteiger partial charge in [0.25, 0.3) is 0 Å². The van der Waals surface area contributed by atoms with Crippen molar-refractivity contribution in [2.24, 2.45) is 5.92 Å². The number of hydrogen-bond donors (Lipinski definition) is 1. The van der Waals surface area contributed by atoms with Gasteiger partial charge in [-0.2, -0.15) is 0 Å². The van der Waals surface area contributed by atoms with Crippen LogP contribution in [0.5, 0.6) is 0 Å². The molecule has 0 heterocycles. The summed E-state index contributed by atoms with van der Waals surface area (Å²) in [4.78, 5) is 0. The Morgan fingerprint density at radius 2 is 1.82 bits per heavy atom. The fourth-order valence-corrected chi connectivity index (χ4v) is 2.25. The summed E-state index contributed by atoms with van der Waals surface area (Å²) in [6.07, 6.45) is 5.75. The van der Waals surface area contributed by atoms with Crippen LogP contribution in [-0.4, -0.2) is 12.1 Å². The van der Waals surface area contributed by atoms with Crippen molar-refractivity contribution in [1.29, 1.82) is 0 Å². The quantitative estimate of drug-likeness (QED) is 0.660. The molecule has 1 N–H and O–H groups in total. The predicted molar refractivity (Wildman–Crippen MR) is 49.7 cm³/mol. The van der Waals surface area contributed by atoms with Crippen LogP contribution < -0.4 is 5.32 Å². The molecule has 0 atom stereocenters. The predicted octanol–water partition coefficient (Wildman–Crippen LogP) is 2.56. The molecule has 1 heteroatoms. The van der Waals surface area contributed by atoms with Crippen molar-refractivity contribution >= 4 is 0 Å². The van der Waals surface area contributed by atoms with Gasteiger partial charge in [-0.1, -0.05) is 19.8 Å². The summed E-state index contributed by atoms with van der Waals surface area (Å²) in [5, 5.41) is 3.56. The lowest BCUT2D eigenvalue weighted by Gasteiger charge is -2.32. The lowest BCUT2D eigenvalue weighted by Crippen LogP contribution is -2.44. The van der Waals surface area contributed by atoms with E-state index in [9.17, 15) is 0 Å². The molecular weight excluding hydrogens is 134 g/mol. The summed E-state index contributed by atoms with van der Waals surface area (Å²) in [6.45, 7) is 7.97. The van der Waals surface area contributed by atoms with Crippen LogP contribution >= 0.6 is 0 Å². The van der Waals surface area contributed by atoms with Gasteiger partial charge in [-0.05, 0) is 39.2 Å². The van der Waals surface area contributed by atoms with E-state index in [1.807, 2.05) is 0 Å². The maximum atomic E-state index is 3.56. The van der Waals surface area contributed by atoms with Gasteiger partial charge in [0.05, 0.1) is 0 Å². The van der Waals surface area contributed by atoms with Gasteiger partial charge in [0.15, 0.2) is 0 Å². The summed E-state index contributed by atoms with van der Waals surface area (Å²) in [6, 6.07) is 0. The maximum absolute atomic E-state index is 3.56. The Morgan fingerprint density at radius 3 is 2.27 bits per heavy atom. The molecule has 0 saturated heterocycles. The first-order valence-corrected chi connectivity index (χ1v) is 4.92. The summed E-state index contributed by atoms with van der Waals surface area (Å²) < 4.78 is 0. The molecule has 0 aromatic rings. The highest BCUT2D eigenvalue weighted by atomic mass is 15.0. The molecule has 0 aromatic carbocycles. The Balaban J connectivity index is 2.41. The van der Waals surface area contributed by atoms with Crippen LogP contribution in [0, 0.1) is 5.92 Å². The van der Waals surface area contributed by atoms with Crippen LogP contribution in [0.15, 0.2) is 0 Å². The SMILES string of the molecule is CCNC(C)(C)C1CCCC1. The first-order chi connectivity index (χ1) is 5.17. The van der Waals surface area contributed by atoms with Gasteiger partial charge in [-0.25, -0.2) is 0 Å². The highest BCUT2D eigenvalue weighted by Crippen LogP contribution is 2.33. The van der Waals surface area contributed by atoms with Crippen molar-refractivity contribution in [3.8, 4) is 0 Å². The highest BCUT2D eigenvalue weighted by molar-refractivity contribution is 4.88. The number of nitrogens with one attached hydrogen (secondary N) is 1. The minimum atomic E-state index is 0.380. The molecule has 0 amide bonds. The van der Waals surface area contributed by atoms with E-state index in [2.05, 4.69) is 26.1 Å². The Labute approximate surface area is 70.6 Å². The van der Waals surface area contributed by atoms with Gasteiger partial charge >= 0.3 is 0 Å². The second-order valence-electron chi connectivity index (χ2n) is 4.23. The van der Waals surface area contributed by atoms with Crippen LogP contribution in [0.4, 0.5) is 0 Å². The molecule has 1 aliphatic carbocycles. The third kappa shape index (κ3) is 2.19. The topological polar surface area (TPSA) is 12.0 Å². The summed E-state index contributed by atoms with van der Waals surface area (Å²) in [7, 11) is 0. The monoisotopic (exact) mass is 155 g/mol. The van der Waals surface area contributed by atoms with Crippen molar-refractivity contribution in [2.75, 3.05) is 6.54 Å². The van der Waals surface area contributed by atoms with E-state index < -0.39 is 0 Å². The van der Waals surface area contributed by atoms with Crippen molar-refractivity contribution in [1.82, 2.24) is 5.32 Å². The first kappa shape index (κ1) is 9.05. The largest absolute Gasteiger partial charge is 0.312 e. The molecule has 0 unspecified atom stereocenters. The molecule has 0 aromatic heterocycles. The van der Waals surface area contributed by atoms with Crippen molar-refractivity contribution in [3.63, 3.8) is 0 Å². The van der Waals surface area contributed by atoms with Crippen LogP contribution in [0.3, 0.4) is 0 Å². The first-order valence-electron chi connectivity index (χ1n) is 4.92. The van der Waals surface area contributed by atoms with Gasteiger partial charge in [0.2, 0.25) is 0 Å². The van der Waals surface area contributed by atoms with Gasteiger partial charge in [0.1, 0.15) is 0 Å². The number of rotatable bonds is 3. The third-order valence-electron chi connectivity index (χ3n) is 3.01. The molecule has 0 bridgehead atoms. The molecule has 1 rings (SSSR count). The van der Waals surface area contributed by atoms with E-state index in [1.54, 1.807) is 0 Å². The van der Waals surface area contributed by atoms with Gasteiger partial charge in [-0.3, -0.25) is 0 Å². The van der Waals surface area contributed by atoms with Crippen LogP contribution in [0.2, 0.25) is 0 Å². The van der Waals surface area contributed by atoms with E-state index in [-0.39, 0.29) is 0 Å². The average Bonchev–Trinajstić information content (AvgIpc) is 2.37. The van der Waals surface area contributed by atoms with E-state index >= 15 is 0 Å². The molecule has 1 fully saturated rings. The highest BCUT2D eigenvalue weighted by Gasteiger charge is 2.30. The fourth-order valence-electron chi connectivity index (χ4n) is 2.25. The Bertz CT molecular complexity index is 112. The second-order valence-corrected chi connectivity index (χ2v) is 4.23. The standard InChI is InChI=1S/C10H21N/c1-4-11-10(2,3)9-7-5-6-8-9/h9,11H,4-8H2,1-3H3. The Kier molecular flexibility index (Phi) is 2.94. The van der Waals surface area contributed by atoms with E-state index in [0.717, 1.165) is 12.5 Å². The van der Waals surface area contributed by atoms with Gasteiger partial charge in [0, 0.05) is 5.54 Å². The molecule has 0 spiro atoms. The zero-order valence-electron chi connectivity index (χ0n) is 8.11. The summed E-state index contributed by atoms with van der Waals surface area (Å²) in [5.74, 6) is 0.919. The van der Waals surface area contributed by atoms with Crippen molar-refractivity contribution < 1.29 is 0 Å². The summed E-state index contributed by atoms with van der Waals surface area (Å²) in [5.41, 5.74) is 0.380. The maximum Gasteiger partial charge on any atom is 0.0153 e. The van der Waals surface area contributed by atoms with E-state index in [4.69, 9.17) is 0 Å². The van der Waals surface area contributed by atoms with Gasteiger partial charge < -0.3 is 5.32 Å².